The fourth-order valence-electron chi connectivity index (χ4n) is 2.96. The topological polar surface area (TPSA) is 68.5 Å². The molecule has 0 radical (unpaired) electrons. The zero-order valence-corrected chi connectivity index (χ0v) is 15.1. The minimum absolute atomic E-state index is 0.0110. The van der Waals surface area contributed by atoms with Crippen LogP contribution in [-0.4, -0.2) is 27.6 Å². The summed E-state index contributed by atoms with van der Waals surface area (Å²) in [5.41, 5.74) is 2.86. The fraction of sp³-hybridized carbons (Fsp3) is 0.0952. The molecule has 0 bridgehead atoms. The first kappa shape index (κ1) is 17.7. The van der Waals surface area contributed by atoms with E-state index in [1.165, 1.54) is 19.2 Å². The van der Waals surface area contributed by atoms with Crippen LogP contribution in [0.4, 0.5) is 4.39 Å². The molecule has 28 heavy (non-hydrogen) atoms. The van der Waals surface area contributed by atoms with Gasteiger partial charge in [-0.2, -0.15) is 0 Å². The number of carbonyl (C=O) groups is 1. The van der Waals surface area contributed by atoms with Crippen LogP contribution in [0.5, 0.6) is 5.88 Å². The molecule has 0 saturated carbocycles. The van der Waals surface area contributed by atoms with E-state index in [-0.39, 0.29) is 12.1 Å². The first-order chi connectivity index (χ1) is 13.7. The lowest BCUT2D eigenvalue weighted by atomic mass is 10.1. The van der Waals surface area contributed by atoms with E-state index in [0.29, 0.717) is 22.9 Å². The third kappa shape index (κ3) is 3.29. The first-order valence-corrected chi connectivity index (χ1v) is 8.68. The lowest BCUT2D eigenvalue weighted by Gasteiger charge is -2.08. The molecule has 6 nitrogen and oxygen atoms in total. The number of rotatable bonds is 5. The molecule has 1 N–H and O–H groups in total. The van der Waals surface area contributed by atoms with Crippen LogP contribution < -0.4 is 10.1 Å². The zero-order valence-electron chi connectivity index (χ0n) is 15.1. The highest BCUT2D eigenvalue weighted by atomic mass is 19.1. The molecule has 0 saturated heterocycles. The number of ether oxygens (including phenoxy) is 1. The van der Waals surface area contributed by atoms with E-state index in [0.717, 1.165) is 5.56 Å². The maximum absolute atomic E-state index is 13.9. The van der Waals surface area contributed by atoms with Gasteiger partial charge in [0, 0.05) is 11.6 Å². The Hall–Kier alpha value is -3.74. The second-order valence-corrected chi connectivity index (χ2v) is 6.08. The van der Waals surface area contributed by atoms with Gasteiger partial charge in [-0.25, -0.2) is 13.9 Å². The second-order valence-electron chi connectivity index (χ2n) is 6.08. The van der Waals surface area contributed by atoms with Gasteiger partial charge in [0.25, 0.3) is 5.91 Å². The Morgan fingerprint density at radius 2 is 1.82 bits per heavy atom. The van der Waals surface area contributed by atoms with Crippen molar-refractivity contribution in [1.82, 2.24) is 19.9 Å². The third-order valence-electron chi connectivity index (χ3n) is 4.34. The van der Waals surface area contributed by atoms with Crippen molar-refractivity contribution in [1.29, 1.82) is 0 Å². The summed E-state index contributed by atoms with van der Waals surface area (Å²) in [6, 6.07) is 19.0. The smallest absolute Gasteiger partial charge is 0.254 e. The number of imidazole rings is 1. The Kier molecular flexibility index (Phi) is 4.72. The van der Waals surface area contributed by atoms with E-state index >= 15 is 0 Å². The molecule has 0 aliphatic rings. The lowest BCUT2D eigenvalue weighted by Crippen LogP contribution is -2.25. The monoisotopic (exact) mass is 376 g/mol. The molecule has 1 amide bonds. The molecule has 2 heterocycles. The minimum Gasteiger partial charge on any atom is -0.480 e. The number of nitrogens with zero attached hydrogens (tertiary/aromatic N) is 3. The number of amides is 1. The van der Waals surface area contributed by atoms with E-state index in [9.17, 15) is 9.18 Å². The predicted molar refractivity (Wildman–Crippen MR) is 103 cm³/mol. The zero-order chi connectivity index (χ0) is 19.5. The van der Waals surface area contributed by atoms with Crippen molar-refractivity contribution in [2.24, 2.45) is 0 Å². The van der Waals surface area contributed by atoms with Crippen LogP contribution in [0.15, 0.2) is 66.7 Å². The van der Waals surface area contributed by atoms with Crippen LogP contribution in [0.2, 0.25) is 0 Å². The number of carbonyl (C=O) groups excluding carboxylic acids is 1. The van der Waals surface area contributed by atoms with Gasteiger partial charge in [0.15, 0.2) is 5.65 Å². The molecule has 4 aromatic rings. The summed E-state index contributed by atoms with van der Waals surface area (Å²) in [5, 5.41) is 7.18. The van der Waals surface area contributed by atoms with Crippen LogP contribution in [0.1, 0.15) is 16.1 Å². The van der Waals surface area contributed by atoms with Gasteiger partial charge in [0.1, 0.15) is 5.82 Å². The molecule has 2 aromatic heterocycles. The summed E-state index contributed by atoms with van der Waals surface area (Å²) in [4.78, 5) is 17.1. The Bertz CT molecular complexity index is 1140. The average Bonchev–Trinajstić information content (AvgIpc) is 3.10. The Morgan fingerprint density at radius 1 is 1.07 bits per heavy atom. The molecule has 7 heteroatoms. The van der Waals surface area contributed by atoms with Crippen LogP contribution in [0, 0.1) is 5.82 Å². The van der Waals surface area contributed by atoms with Gasteiger partial charge < -0.3 is 10.1 Å². The average molecular weight is 376 g/mol. The number of methoxy groups -OCH3 is 1. The van der Waals surface area contributed by atoms with E-state index in [4.69, 9.17) is 4.74 Å². The summed E-state index contributed by atoms with van der Waals surface area (Å²) >= 11 is 0. The quantitative estimate of drug-likeness (QED) is 0.579. The highest BCUT2D eigenvalue weighted by molar-refractivity contribution is 5.94. The number of hydrogen-bond acceptors (Lipinski definition) is 4. The van der Waals surface area contributed by atoms with Gasteiger partial charge in [0.2, 0.25) is 5.88 Å². The number of benzene rings is 2. The van der Waals surface area contributed by atoms with Crippen LogP contribution in [0.25, 0.3) is 16.9 Å². The Balaban J connectivity index is 1.73. The van der Waals surface area contributed by atoms with Crippen molar-refractivity contribution in [3.8, 4) is 17.1 Å². The number of halogens is 1. The first-order valence-electron chi connectivity index (χ1n) is 8.68. The van der Waals surface area contributed by atoms with Gasteiger partial charge in [-0.15, -0.1) is 5.10 Å². The maximum Gasteiger partial charge on any atom is 0.254 e. The van der Waals surface area contributed by atoms with Crippen molar-refractivity contribution in [3.05, 3.63) is 83.8 Å². The summed E-state index contributed by atoms with van der Waals surface area (Å²) in [6.07, 6.45) is 0. The van der Waals surface area contributed by atoms with Crippen molar-refractivity contribution in [2.45, 2.75) is 6.54 Å². The summed E-state index contributed by atoms with van der Waals surface area (Å²) < 4.78 is 20.7. The summed E-state index contributed by atoms with van der Waals surface area (Å²) in [7, 11) is 1.53. The molecule has 4 rings (SSSR count). The molecule has 0 aliphatic heterocycles. The SMILES string of the molecule is COc1ccc2nc(-c3ccccc3)c(CNC(=O)c3ccccc3F)n2n1. The van der Waals surface area contributed by atoms with Crippen LogP contribution >= 0.6 is 0 Å². The molecule has 0 spiro atoms. The summed E-state index contributed by atoms with van der Waals surface area (Å²) in [5.74, 6) is -0.651. The van der Waals surface area contributed by atoms with E-state index in [2.05, 4.69) is 15.4 Å². The standard InChI is InChI=1S/C21H17FN4O2/c1-28-19-12-11-18-24-20(14-7-3-2-4-8-14)17(26(18)25-19)13-23-21(27)15-9-5-6-10-16(15)22/h2-12H,13H2,1H3,(H,23,27). The van der Waals surface area contributed by atoms with E-state index < -0.39 is 11.7 Å². The third-order valence-corrected chi connectivity index (χ3v) is 4.34. The predicted octanol–water partition coefficient (Wildman–Crippen LogP) is 3.47. The number of hydrogen-bond donors (Lipinski definition) is 1. The Labute approximate surface area is 160 Å². The van der Waals surface area contributed by atoms with Gasteiger partial charge in [-0.05, 0) is 18.2 Å². The van der Waals surface area contributed by atoms with Gasteiger partial charge in [-0.1, -0.05) is 42.5 Å². The molecule has 0 atom stereocenters. The lowest BCUT2D eigenvalue weighted by molar-refractivity contribution is 0.0946. The van der Waals surface area contributed by atoms with E-state index in [1.54, 1.807) is 28.8 Å². The maximum atomic E-state index is 13.9. The normalized spacial score (nSPS) is 10.8. The number of aromatic nitrogens is 3. The molecular formula is C21H17FN4O2. The molecule has 0 aliphatic carbocycles. The van der Waals surface area contributed by atoms with E-state index in [1.807, 2.05) is 30.3 Å². The number of nitrogens with one attached hydrogen (secondary N) is 1. The molecule has 140 valence electrons. The number of fused-ring (bicyclic) bond motifs is 1. The van der Waals surface area contributed by atoms with Crippen molar-refractivity contribution in [3.63, 3.8) is 0 Å². The highest BCUT2D eigenvalue weighted by Crippen LogP contribution is 2.25. The van der Waals surface area contributed by atoms with Gasteiger partial charge in [0.05, 0.1) is 30.6 Å². The fourth-order valence-corrected chi connectivity index (χ4v) is 2.96. The second kappa shape index (κ2) is 7.48. The highest BCUT2D eigenvalue weighted by Gasteiger charge is 2.18. The molecule has 0 fully saturated rings. The largest absolute Gasteiger partial charge is 0.480 e. The van der Waals surface area contributed by atoms with Crippen LogP contribution in [-0.2, 0) is 6.54 Å². The van der Waals surface area contributed by atoms with Gasteiger partial charge >= 0.3 is 0 Å². The summed E-state index contributed by atoms with van der Waals surface area (Å²) in [6.45, 7) is 0.124. The van der Waals surface area contributed by atoms with Crippen molar-refractivity contribution >= 4 is 11.6 Å². The van der Waals surface area contributed by atoms with Crippen LogP contribution in [0.3, 0.4) is 0 Å². The molecule has 0 unspecified atom stereocenters. The Morgan fingerprint density at radius 3 is 2.57 bits per heavy atom. The van der Waals surface area contributed by atoms with Crippen molar-refractivity contribution < 1.29 is 13.9 Å². The molecule has 2 aromatic carbocycles. The van der Waals surface area contributed by atoms with Gasteiger partial charge in [-0.3, -0.25) is 4.79 Å². The van der Waals surface area contributed by atoms with Crippen molar-refractivity contribution in [2.75, 3.05) is 7.11 Å². The molecular weight excluding hydrogens is 359 g/mol. The minimum atomic E-state index is -0.568.